The van der Waals surface area contributed by atoms with Gasteiger partial charge >= 0.3 is 0 Å². The molecule has 2 aromatic rings. The van der Waals surface area contributed by atoms with E-state index < -0.39 is 11.7 Å². The number of nitrogens with one attached hydrogen (secondary N) is 1. The summed E-state index contributed by atoms with van der Waals surface area (Å²) in [5, 5.41) is 2.59. The number of hydrogen-bond donors (Lipinski definition) is 1. The maximum atomic E-state index is 13.1. The summed E-state index contributed by atoms with van der Waals surface area (Å²) in [4.78, 5) is 37.2. The van der Waals surface area contributed by atoms with Crippen molar-refractivity contribution in [1.82, 2.24) is 0 Å². The molecule has 0 bridgehead atoms. The Morgan fingerprint density at radius 2 is 1.88 bits per heavy atom. The van der Waals surface area contributed by atoms with E-state index >= 15 is 0 Å². The molecule has 0 saturated carbocycles. The Hall–Kier alpha value is -3.02. The Labute approximate surface area is 138 Å². The van der Waals surface area contributed by atoms with E-state index in [-0.39, 0.29) is 24.2 Å². The zero-order chi connectivity index (χ0) is 17.3. The van der Waals surface area contributed by atoms with Gasteiger partial charge in [0.1, 0.15) is 5.82 Å². The van der Waals surface area contributed by atoms with E-state index in [4.69, 9.17) is 0 Å². The molecule has 0 spiro atoms. The number of imide groups is 1. The van der Waals surface area contributed by atoms with Crippen molar-refractivity contribution < 1.29 is 18.8 Å². The molecule has 5 nitrogen and oxygen atoms in total. The minimum atomic E-state index is -0.441. The molecule has 3 amide bonds. The molecule has 6 heteroatoms. The first-order chi connectivity index (χ1) is 11.5. The van der Waals surface area contributed by atoms with E-state index in [0.717, 1.165) is 4.90 Å². The van der Waals surface area contributed by atoms with Crippen LogP contribution in [-0.2, 0) is 9.59 Å². The zero-order valence-corrected chi connectivity index (χ0v) is 13.0. The summed E-state index contributed by atoms with van der Waals surface area (Å²) in [7, 11) is 0. The molecule has 1 atom stereocenters. The summed E-state index contributed by atoms with van der Waals surface area (Å²) in [6.07, 6.45) is 0.195. The molecule has 2 aromatic carbocycles. The van der Waals surface area contributed by atoms with Crippen LogP contribution in [-0.4, -0.2) is 17.7 Å². The molecule has 1 N–H and O–H groups in total. The number of anilines is 2. The molecule has 1 aliphatic heterocycles. The van der Waals surface area contributed by atoms with Crippen LogP contribution in [0.1, 0.15) is 23.7 Å². The smallest absolute Gasteiger partial charge is 0.255 e. The highest BCUT2D eigenvalue weighted by atomic mass is 19.1. The monoisotopic (exact) mass is 326 g/mol. The normalized spacial score (nSPS) is 17.2. The number of halogens is 1. The highest BCUT2D eigenvalue weighted by Crippen LogP contribution is 2.26. The van der Waals surface area contributed by atoms with Gasteiger partial charge in [-0.05, 0) is 42.5 Å². The number of rotatable bonds is 3. The number of carbonyl (C=O) groups is 3. The van der Waals surface area contributed by atoms with Crippen LogP contribution < -0.4 is 10.2 Å². The average Bonchev–Trinajstić information content (AvgIpc) is 2.80. The summed E-state index contributed by atoms with van der Waals surface area (Å²) in [5.74, 6) is -1.65. The van der Waals surface area contributed by atoms with Gasteiger partial charge in [0.15, 0.2) is 0 Å². The first kappa shape index (κ1) is 15.9. The lowest BCUT2D eigenvalue weighted by molar-refractivity contribution is -0.122. The molecule has 0 aromatic heterocycles. The van der Waals surface area contributed by atoms with Crippen molar-refractivity contribution in [1.29, 1.82) is 0 Å². The Balaban J connectivity index is 1.76. The predicted molar refractivity (Wildman–Crippen MR) is 87.1 cm³/mol. The fraction of sp³-hybridized carbons (Fsp3) is 0.167. The van der Waals surface area contributed by atoms with E-state index in [9.17, 15) is 18.8 Å². The van der Waals surface area contributed by atoms with Crippen LogP contribution in [0.4, 0.5) is 15.8 Å². The lowest BCUT2D eigenvalue weighted by Crippen LogP contribution is -2.30. The van der Waals surface area contributed by atoms with Crippen LogP contribution >= 0.6 is 0 Å². The average molecular weight is 326 g/mol. The van der Waals surface area contributed by atoms with E-state index in [1.807, 2.05) is 0 Å². The van der Waals surface area contributed by atoms with Gasteiger partial charge in [-0.2, -0.15) is 0 Å². The molecule has 0 unspecified atom stereocenters. The van der Waals surface area contributed by atoms with Crippen molar-refractivity contribution in [3.8, 4) is 0 Å². The molecule has 1 aliphatic rings. The highest BCUT2D eigenvalue weighted by Gasteiger charge is 2.36. The van der Waals surface area contributed by atoms with Gasteiger partial charge in [0.2, 0.25) is 11.8 Å². The van der Waals surface area contributed by atoms with Crippen LogP contribution in [0.2, 0.25) is 0 Å². The van der Waals surface area contributed by atoms with Crippen LogP contribution in [0.3, 0.4) is 0 Å². The minimum absolute atomic E-state index is 0.195. The summed E-state index contributed by atoms with van der Waals surface area (Å²) in [6.45, 7) is 1.71. The Morgan fingerprint density at radius 3 is 2.46 bits per heavy atom. The molecule has 1 heterocycles. The zero-order valence-electron chi connectivity index (χ0n) is 13.0. The van der Waals surface area contributed by atoms with E-state index in [0.29, 0.717) is 16.9 Å². The fourth-order valence-corrected chi connectivity index (χ4v) is 2.59. The van der Waals surface area contributed by atoms with Crippen molar-refractivity contribution in [3.63, 3.8) is 0 Å². The number of hydrogen-bond acceptors (Lipinski definition) is 3. The molecule has 122 valence electrons. The van der Waals surface area contributed by atoms with Crippen LogP contribution in [0.5, 0.6) is 0 Å². The van der Waals surface area contributed by atoms with Gasteiger partial charge in [-0.1, -0.05) is 13.0 Å². The minimum Gasteiger partial charge on any atom is -0.322 e. The standard InChI is InChI=1S/C18H15FN2O3/c1-11-9-16(22)21(18(11)24)15-7-5-12(6-8-15)17(23)20-14-4-2-3-13(19)10-14/h2-8,10-11H,9H2,1H3,(H,20,23)/t11-/m1/s1. The lowest BCUT2D eigenvalue weighted by Gasteiger charge is -2.14. The predicted octanol–water partition coefficient (Wildman–Crippen LogP) is 2.98. The first-order valence-corrected chi connectivity index (χ1v) is 7.49. The molecule has 0 radical (unpaired) electrons. The molecule has 3 rings (SSSR count). The van der Waals surface area contributed by atoms with Crippen LogP contribution in [0.15, 0.2) is 48.5 Å². The number of amides is 3. The summed E-state index contributed by atoms with van der Waals surface area (Å²) in [6, 6.07) is 11.7. The lowest BCUT2D eigenvalue weighted by atomic mass is 10.1. The summed E-state index contributed by atoms with van der Waals surface area (Å²) < 4.78 is 13.1. The van der Waals surface area contributed by atoms with E-state index in [1.165, 1.54) is 30.3 Å². The molecule has 1 fully saturated rings. The van der Waals surface area contributed by atoms with Gasteiger partial charge in [0.25, 0.3) is 5.91 Å². The van der Waals surface area contributed by atoms with Crippen LogP contribution in [0.25, 0.3) is 0 Å². The van der Waals surface area contributed by atoms with Crippen molar-refractivity contribution in [2.45, 2.75) is 13.3 Å². The second kappa shape index (κ2) is 6.23. The Kier molecular flexibility index (Phi) is 4.12. The van der Waals surface area contributed by atoms with E-state index in [1.54, 1.807) is 25.1 Å². The van der Waals surface area contributed by atoms with Gasteiger partial charge in [-0.15, -0.1) is 0 Å². The van der Waals surface area contributed by atoms with Gasteiger partial charge in [0.05, 0.1) is 5.69 Å². The van der Waals surface area contributed by atoms with Gasteiger partial charge in [-0.25, -0.2) is 4.39 Å². The third-order valence-electron chi connectivity index (χ3n) is 3.84. The first-order valence-electron chi connectivity index (χ1n) is 7.49. The van der Waals surface area contributed by atoms with Crippen molar-refractivity contribution in [3.05, 3.63) is 59.9 Å². The van der Waals surface area contributed by atoms with Gasteiger partial charge in [0, 0.05) is 23.6 Å². The van der Waals surface area contributed by atoms with Crippen molar-refractivity contribution in [2.75, 3.05) is 10.2 Å². The van der Waals surface area contributed by atoms with Gasteiger partial charge in [-0.3, -0.25) is 19.3 Å². The maximum absolute atomic E-state index is 13.1. The summed E-state index contributed by atoms with van der Waals surface area (Å²) in [5.41, 5.74) is 1.13. The number of benzene rings is 2. The highest BCUT2D eigenvalue weighted by molar-refractivity contribution is 6.20. The third-order valence-corrected chi connectivity index (χ3v) is 3.84. The fourth-order valence-electron chi connectivity index (χ4n) is 2.59. The Bertz CT molecular complexity index is 817. The molecule has 1 saturated heterocycles. The summed E-state index contributed by atoms with van der Waals surface area (Å²) >= 11 is 0. The largest absolute Gasteiger partial charge is 0.322 e. The SMILES string of the molecule is C[C@@H]1CC(=O)N(c2ccc(C(=O)Nc3cccc(F)c3)cc2)C1=O. The molecule has 24 heavy (non-hydrogen) atoms. The topological polar surface area (TPSA) is 66.5 Å². The second-order valence-electron chi connectivity index (χ2n) is 5.68. The quantitative estimate of drug-likeness (QED) is 0.882. The molecule has 0 aliphatic carbocycles. The Morgan fingerprint density at radius 1 is 1.17 bits per heavy atom. The maximum Gasteiger partial charge on any atom is 0.255 e. The third kappa shape index (κ3) is 3.03. The second-order valence-corrected chi connectivity index (χ2v) is 5.68. The number of nitrogens with zero attached hydrogens (tertiary/aromatic N) is 1. The molecular formula is C18H15FN2O3. The molecular weight excluding hydrogens is 311 g/mol. The van der Waals surface area contributed by atoms with Gasteiger partial charge < -0.3 is 5.32 Å². The van der Waals surface area contributed by atoms with Crippen molar-refractivity contribution >= 4 is 29.1 Å². The number of carbonyl (C=O) groups excluding carboxylic acids is 3. The van der Waals surface area contributed by atoms with Crippen molar-refractivity contribution in [2.24, 2.45) is 5.92 Å². The van der Waals surface area contributed by atoms with Crippen LogP contribution in [0, 0.1) is 11.7 Å². The van der Waals surface area contributed by atoms with E-state index in [2.05, 4.69) is 5.32 Å².